The monoisotopic (exact) mass is 296 g/mol. The highest BCUT2D eigenvalue weighted by molar-refractivity contribution is 6.03. The number of anilines is 1. The molecule has 1 amide bonds. The van der Waals surface area contributed by atoms with Crippen LogP contribution in [0.3, 0.4) is 0 Å². The van der Waals surface area contributed by atoms with Gasteiger partial charge in [-0.15, -0.1) is 8.78 Å². The summed E-state index contributed by atoms with van der Waals surface area (Å²) >= 11 is 0. The van der Waals surface area contributed by atoms with Gasteiger partial charge in [0.2, 0.25) is 11.7 Å². The molecule has 4 rings (SSSR count). The number of carbonyl (C=O) groups is 2. The van der Waals surface area contributed by atoms with Gasteiger partial charge in [0.25, 0.3) is 0 Å². The first kappa shape index (κ1) is 12.5. The molecule has 2 atom stereocenters. The lowest BCUT2D eigenvalue weighted by Gasteiger charge is -2.18. The molecule has 2 aliphatic heterocycles. The molecule has 3 heterocycles. The lowest BCUT2D eigenvalue weighted by Crippen LogP contribution is -2.30. The largest absolute Gasteiger partial charge is 0.586 e. The fourth-order valence-corrected chi connectivity index (χ4v) is 2.83. The number of hydrogen-bond acceptors (Lipinski definition) is 5. The predicted molar refractivity (Wildman–Crippen MR) is 64.4 cm³/mol. The Bertz CT molecular complexity index is 691. The molecule has 0 spiro atoms. The van der Waals surface area contributed by atoms with Crippen LogP contribution in [0.25, 0.3) is 0 Å². The Morgan fingerprint density at radius 3 is 2.76 bits per heavy atom. The molecular weight excluding hydrogens is 286 g/mol. The van der Waals surface area contributed by atoms with Crippen LogP contribution in [-0.4, -0.2) is 29.5 Å². The summed E-state index contributed by atoms with van der Waals surface area (Å²) in [5, 5.41) is 0. The second kappa shape index (κ2) is 3.69. The summed E-state index contributed by atoms with van der Waals surface area (Å²) in [6.45, 7) is 1.64. The third-order valence-corrected chi connectivity index (χ3v) is 3.97. The van der Waals surface area contributed by atoms with Crippen LogP contribution in [0.5, 0.6) is 11.5 Å². The van der Waals surface area contributed by atoms with Gasteiger partial charge in [0.05, 0.1) is 5.56 Å². The fraction of sp³-hybridized carbons (Fsp3) is 0.462. The van der Waals surface area contributed by atoms with Crippen LogP contribution in [0, 0.1) is 11.8 Å². The maximum atomic E-state index is 13.3. The van der Waals surface area contributed by atoms with E-state index in [1.165, 1.54) is 11.8 Å². The first-order valence-electron chi connectivity index (χ1n) is 6.48. The van der Waals surface area contributed by atoms with Gasteiger partial charge in [-0.3, -0.25) is 14.5 Å². The number of hydrogen-bond donors (Lipinski definition) is 0. The molecule has 2 fully saturated rings. The number of pyridine rings is 1. The SMILES string of the molecule is CC(=O)c1cnc(N2C[C@H]3C[C@H]3C2=O)c2c1OC(F)(F)O2. The maximum Gasteiger partial charge on any atom is 0.586 e. The number of piperidine rings is 1. The Morgan fingerprint density at radius 1 is 1.43 bits per heavy atom. The summed E-state index contributed by atoms with van der Waals surface area (Å²) in [6, 6.07) is 0. The normalized spacial score (nSPS) is 27.8. The van der Waals surface area contributed by atoms with E-state index in [4.69, 9.17) is 0 Å². The van der Waals surface area contributed by atoms with Crippen molar-refractivity contribution in [1.82, 2.24) is 4.98 Å². The van der Waals surface area contributed by atoms with Crippen molar-refractivity contribution >= 4 is 17.5 Å². The zero-order valence-corrected chi connectivity index (χ0v) is 10.9. The van der Waals surface area contributed by atoms with E-state index in [1.807, 2.05) is 0 Å². The van der Waals surface area contributed by atoms with Crippen LogP contribution in [0.4, 0.5) is 14.6 Å². The number of ether oxygens (including phenoxy) is 2. The van der Waals surface area contributed by atoms with E-state index in [2.05, 4.69) is 14.5 Å². The molecule has 3 aliphatic rings. The number of aromatic nitrogens is 1. The van der Waals surface area contributed by atoms with Gasteiger partial charge in [-0.05, 0) is 19.3 Å². The minimum absolute atomic E-state index is 0.00984. The summed E-state index contributed by atoms with van der Waals surface area (Å²) in [6.07, 6.45) is -1.90. The number of fused-ring (bicyclic) bond motifs is 2. The smallest absolute Gasteiger partial charge is 0.394 e. The molecule has 6 nitrogen and oxygen atoms in total. The van der Waals surface area contributed by atoms with Crippen LogP contribution >= 0.6 is 0 Å². The van der Waals surface area contributed by atoms with E-state index in [0.717, 1.165) is 12.6 Å². The first-order chi connectivity index (χ1) is 9.87. The highest BCUT2D eigenvalue weighted by Crippen LogP contribution is 2.53. The zero-order valence-electron chi connectivity index (χ0n) is 10.9. The topological polar surface area (TPSA) is 68.7 Å². The molecule has 0 unspecified atom stereocenters. The highest BCUT2D eigenvalue weighted by atomic mass is 19.3. The van der Waals surface area contributed by atoms with Gasteiger partial charge in [0, 0.05) is 18.7 Å². The molecule has 1 aliphatic carbocycles. The van der Waals surface area contributed by atoms with E-state index >= 15 is 0 Å². The van der Waals surface area contributed by atoms with Crippen molar-refractivity contribution in [2.24, 2.45) is 11.8 Å². The van der Waals surface area contributed by atoms with Gasteiger partial charge < -0.3 is 9.47 Å². The van der Waals surface area contributed by atoms with E-state index in [9.17, 15) is 18.4 Å². The molecule has 0 aromatic carbocycles. The molecule has 1 aromatic rings. The second-order valence-corrected chi connectivity index (χ2v) is 5.43. The minimum Gasteiger partial charge on any atom is -0.394 e. The lowest BCUT2D eigenvalue weighted by atomic mass is 10.1. The number of carbonyl (C=O) groups excluding carboxylic acids is 2. The summed E-state index contributed by atoms with van der Waals surface area (Å²) in [7, 11) is 0. The molecule has 21 heavy (non-hydrogen) atoms. The zero-order chi connectivity index (χ0) is 14.9. The Morgan fingerprint density at radius 2 is 2.14 bits per heavy atom. The van der Waals surface area contributed by atoms with Crippen molar-refractivity contribution in [3.63, 3.8) is 0 Å². The first-order valence-corrected chi connectivity index (χ1v) is 6.48. The molecule has 0 N–H and O–H groups in total. The third kappa shape index (κ3) is 1.71. The number of amides is 1. The van der Waals surface area contributed by atoms with Crippen molar-refractivity contribution in [2.45, 2.75) is 19.6 Å². The molecule has 8 heteroatoms. The summed E-state index contributed by atoms with van der Waals surface area (Å²) in [4.78, 5) is 28.8. The van der Waals surface area contributed by atoms with Crippen molar-refractivity contribution in [1.29, 1.82) is 0 Å². The number of halogens is 2. The second-order valence-electron chi connectivity index (χ2n) is 5.43. The highest BCUT2D eigenvalue weighted by Gasteiger charge is 2.55. The van der Waals surface area contributed by atoms with Crippen molar-refractivity contribution < 1.29 is 27.8 Å². The van der Waals surface area contributed by atoms with E-state index in [-0.39, 0.29) is 40.6 Å². The third-order valence-electron chi connectivity index (χ3n) is 3.97. The number of alkyl halides is 2. The van der Waals surface area contributed by atoms with Gasteiger partial charge in [0.1, 0.15) is 0 Å². The Labute approximate surface area is 117 Å². The van der Waals surface area contributed by atoms with Crippen molar-refractivity contribution in [2.75, 3.05) is 11.4 Å². The standard InChI is InChI=1S/C13H10F2N2O4/c1-5(18)8-3-16-11(10-9(8)20-13(14,15)21-10)17-4-6-2-7(6)12(17)19/h3,6-7H,2,4H2,1H3/t6-,7-/m1/s1. The average molecular weight is 296 g/mol. The van der Waals surface area contributed by atoms with E-state index in [1.54, 1.807) is 0 Å². The van der Waals surface area contributed by atoms with Crippen LogP contribution in [0.2, 0.25) is 0 Å². The summed E-state index contributed by atoms with van der Waals surface area (Å²) in [5.74, 6) is -1.12. The van der Waals surface area contributed by atoms with Crippen LogP contribution < -0.4 is 14.4 Å². The van der Waals surface area contributed by atoms with Crippen LogP contribution in [-0.2, 0) is 4.79 Å². The number of Topliss-reactive ketones (excluding diaryl/α,β-unsaturated/α-hetero) is 1. The van der Waals surface area contributed by atoms with Crippen LogP contribution in [0.1, 0.15) is 23.7 Å². The van der Waals surface area contributed by atoms with Crippen molar-refractivity contribution in [3.05, 3.63) is 11.8 Å². The molecule has 1 saturated carbocycles. The van der Waals surface area contributed by atoms with E-state index in [0.29, 0.717) is 6.54 Å². The molecule has 110 valence electrons. The summed E-state index contributed by atoms with van der Waals surface area (Å²) < 4.78 is 35.6. The number of ketones is 1. The van der Waals surface area contributed by atoms with Gasteiger partial charge in [0.15, 0.2) is 17.4 Å². The maximum absolute atomic E-state index is 13.3. The lowest BCUT2D eigenvalue weighted by molar-refractivity contribution is -0.286. The Hall–Kier alpha value is -2.25. The summed E-state index contributed by atoms with van der Waals surface area (Å²) in [5.41, 5.74) is -0.0947. The Kier molecular flexibility index (Phi) is 2.19. The van der Waals surface area contributed by atoms with E-state index < -0.39 is 12.1 Å². The number of nitrogens with zero attached hydrogens (tertiary/aromatic N) is 2. The molecule has 1 saturated heterocycles. The van der Waals surface area contributed by atoms with Gasteiger partial charge >= 0.3 is 6.29 Å². The average Bonchev–Trinajstić information content (AvgIpc) is 2.99. The molecule has 1 aromatic heterocycles. The predicted octanol–water partition coefficient (Wildman–Crippen LogP) is 1.59. The molecule has 0 radical (unpaired) electrons. The fourth-order valence-electron chi connectivity index (χ4n) is 2.83. The van der Waals surface area contributed by atoms with Crippen molar-refractivity contribution in [3.8, 4) is 11.5 Å². The Balaban J connectivity index is 1.82. The molecule has 0 bridgehead atoms. The van der Waals surface area contributed by atoms with Gasteiger partial charge in [-0.1, -0.05) is 0 Å². The number of rotatable bonds is 2. The minimum atomic E-state index is -3.87. The van der Waals surface area contributed by atoms with Gasteiger partial charge in [-0.25, -0.2) is 4.98 Å². The molecular formula is C13H10F2N2O4. The van der Waals surface area contributed by atoms with Crippen LogP contribution in [0.15, 0.2) is 6.20 Å². The quantitative estimate of drug-likeness (QED) is 0.775. The van der Waals surface area contributed by atoms with Gasteiger partial charge in [-0.2, -0.15) is 0 Å².